The van der Waals surface area contributed by atoms with E-state index >= 15 is 0 Å². The van der Waals surface area contributed by atoms with Crippen LogP contribution in [0.15, 0.2) is 35.3 Å². The molecule has 1 aliphatic carbocycles. The van der Waals surface area contributed by atoms with E-state index in [1.807, 2.05) is 11.8 Å². The number of guanidine groups is 1. The monoisotopic (exact) mass is 417 g/mol. The molecule has 6 heteroatoms. The quantitative estimate of drug-likeness (QED) is 0.366. The first-order chi connectivity index (χ1) is 14.3. The highest BCUT2D eigenvalue weighted by Crippen LogP contribution is 2.28. The minimum Gasteiger partial charge on any atom is -0.369 e. The molecule has 1 saturated heterocycles. The third-order valence-corrected chi connectivity index (χ3v) is 7.14. The molecule has 1 saturated carbocycles. The zero-order valence-electron chi connectivity index (χ0n) is 18.3. The Morgan fingerprint density at radius 2 is 1.90 bits per heavy atom. The van der Waals surface area contributed by atoms with Crippen molar-refractivity contribution in [3.63, 3.8) is 0 Å². The topological polar surface area (TPSA) is 42.9 Å². The second kappa shape index (κ2) is 12.3. The minimum absolute atomic E-state index is 0.589. The van der Waals surface area contributed by atoms with E-state index in [4.69, 9.17) is 4.99 Å². The van der Waals surface area contributed by atoms with Crippen molar-refractivity contribution in [3.8, 4) is 0 Å². The maximum atomic E-state index is 4.82. The van der Waals surface area contributed by atoms with E-state index in [9.17, 15) is 0 Å². The van der Waals surface area contributed by atoms with Crippen molar-refractivity contribution in [2.45, 2.75) is 50.3 Å². The summed E-state index contributed by atoms with van der Waals surface area (Å²) in [7, 11) is 0. The van der Waals surface area contributed by atoms with Crippen molar-refractivity contribution in [3.05, 3.63) is 30.3 Å². The molecule has 2 aliphatic rings. The van der Waals surface area contributed by atoms with Crippen LogP contribution in [0.2, 0.25) is 0 Å². The molecule has 3 rings (SSSR count). The van der Waals surface area contributed by atoms with Crippen LogP contribution in [-0.2, 0) is 0 Å². The van der Waals surface area contributed by atoms with Gasteiger partial charge in [0.05, 0.1) is 0 Å². The first-order valence-electron chi connectivity index (χ1n) is 11.4. The third-order valence-electron chi connectivity index (χ3n) is 6.05. The fraction of sp³-hybridized carbons (Fsp3) is 0.696. The number of benzene rings is 1. The van der Waals surface area contributed by atoms with Gasteiger partial charge in [-0.1, -0.05) is 18.2 Å². The number of hydrogen-bond donors (Lipinski definition) is 2. The Hall–Kier alpha value is -1.40. The lowest BCUT2D eigenvalue weighted by atomic mass is 10.2. The van der Waals surface area contributed by atoms with Gasteiger partial charge in [0.25, 0.3) is 0 Å². The molecule has 162 valence electrons. The average molecular weight is 418 g/mol. The minimum atomic E-state index is 0.589. The molecule has 0 spiro atoms. The Morgan fingerprint density at radius 1 is 1.10 bits per heavy atom. The molecule has 1 aromatic rings. The van der Waals surface area contributed by atoms with Gasteiger partial charge in [-0.15, -0.1) is 0 Å². The Kier molecular flexibility index (Phi) is 9.48. The molecule has 0 amide bonds. The Morgan fingerprint density at radius 3 is 2.59 bits per heavy atom. The van der Waals surface area contributed by atoms with Gasteiger partial charge in [0.1, 0.15) is 0 Å². The fourth-order valence-electron chi connectivity index (χ4n) is 4.31. The summed E-state index contributed by atoms with van der Waals surface area (Å²) < 4.78 is 0. The summed E-state index contributed by atoms with van der Waals surface area (Å²) in [5, 5.41) is 7.89. The van der Waals surface area contributed by atoms with Crippen LogP contribution in [0.4, 0.5) is 5.69 Å². The smallest absolute Gasteiger partial charge is 0.191 e. The molecule has 0 radical (unpaired) electrons. The average Bonchev–Trinajstić information content (AvgIpc) is 3.22. The van der Waals surface area contributed by atoms with Crippen LogP contribution in [0.5, 0.6) is 0 Å². The largest absolute Gasteiger partial charge is 0.369 e. The summed E-state index contributed by atoms with van der Waals surface area (Å²) in [6, 6.07) is 11.4. The molecule has 29 heavy (non-hydrogen) atoms. The first-order valence-corrected chi connectivity index (χ1v) is 12.7. The van der Waals surface area contributed by atoms with Gasteiger partial charge in [-0.3, -0.25) is 9.89 Å². The van der Waals surface area contributed by atoms with E-state index < -0.39 is 0 Å². The number of piperazine rings is 1. The van der Waals surface area contributed by atoms with Crippen LogP contribution in [-0.4, -0.2) is 74.2 Å². The Labute approximate surface area is 181 Å². The lowest BCUT2D eigenvalue weighted by Crippen LogP contribution is -2.46. The fourth-order valence-corrected chi connectivity index (χ4v) is 5.10. The van der Waals surface area contributed by atoms with Crippen LogP contribution in [0.1, 0.15) is 39.0 Å². The molecule has 1 heterocycles. The molecule has 0 aromatic heterocycles. The predicted octanol–water partition coefficient (Wildman–Crippen LogP) is 3.43. The molecule has 2 N–H and O–H groups in total. The number of unbranched alkanes of at least 4 members (excludes halogenated alkanes) is 1. The molecule has 1 aliphatic heterocycles. The van der Waals surface area contributed by atoms with Gasteiger partial charge in [-0.25, -0.2) is 0 Å². The number of thioether (sulfide) groups is 1. The number of para-hydroxylation sites is 1. The standard InChI is InChI=1S/C23H39N5S/c1-3-24-23(26-20-11-12-22(19-20)29-2)25-13-7-8-14-27-15-17-28(18-16-27)21-9-5-4-6-10-21/h4-6,9-10,20,22H,3,7-8,11-19H2,1-2H3,(H2,24,25,26). The van der Waals surface area contributed by atoms with Crippen LogP contribution in [0, 0.1) is 0 Å². The van der Waals surface area contributed by atoms with Gasteiger partial charge in [0, 0.05) is 56.2 Å². The van der Waals surface area contributed by atoms with E-state index in [2.05, 4.69) is 63.9 Å². The van der Waals surface area contributed by atoms with Crippen LogP contribution < -0.4 is 15.5 Å². The molecule has 2 atom stereocenters. The van der Waals surface area contributed by atoms with E-state index in [0.717, 1.165) is 43.8 Å². The van der Waals surface area contributed by atoms with Gasteiger partial charge >= 0.3 is 0 Å². The Balaban J connectivity index is 1.31. The summed E-state index contributed by atoms with van der Waals surface area (Å²) in [5.74, 6) is 1.01. The number of anilines is 1. The third kappa shape index (κ3) is 7.41. The van der Waals surface area contributed by atoms with Gasteiger partial charge in [-0.2, -0.15) is 11.8 Å². The summed E-state index contributed by atoms with van der Waals surface area (Å²) in [5.41, 5.74) is 1.36. The lowest BCUT2D eigenvalue weighted by molar-refractivity contribution is 0.253. The maximum Gasteiger partial charge on any atom is 0.191 e. The molecule has 1 aromatic carbocycles. The van der Waals surface area contributed by atoms with Crippen molar-refractivity contribution in [2.75, 3.05) is 57.0 Å². The Bertz CT molecular complexity index is 601. The van der Waals surface area contributed by atoms with E-state index in [1.54, 1.807) is 0 Å². The number of aliphatic imine (C=N–C) groups is 1. The van der Waals surface area contributed by atoms with E-state index in [1.165, 1.54) is 51.0 Å². The molecular weight excluding hydrogens is 378 g/mol. The molecule has 0 bridgehead atoms. The van der Waals surface area contributed by atoms with Crippen molar-refractivity contribution in [1.29, 1.82) is 0 Å². The van der Waals surface area contributed by atoms with Gasteiger partial charge < -0.3 is 15.5 Å². The number of rotatable bonds is 9. The SMILES string of the molecule is CCNC(=NCCCCN1CCN(c2ccccc2)CC1)NC1CCC(SC)C1. The predicted molar refractivity (Wildman–Crippen MR) is 128 cm³/mol. The summed E-state index contributed by atoms with van der Waals surface area (Å²) >= 11 is 2.01. The first kappa shape index (κ1) is 22.3. The van der Waals surface area contributed by atoms with E-state index in [-0.39, 0.29) is 0 Å². The second-order valence-electron chi connectivity index (χ2n) is 8.14. The number of hydrogen-bond acceptors (Lipinski definition) is 4. The van der Waals surface area contributed by atoms with Crippen molar-refractivity contribution in [1.82, 2.24) is 15.5 Å². The summed E-state index contributed by atoms with van der Waals surface area (Å²) in [6.45, 7) is 9.78. The van der Waals surface area contributed by atoms with Gasteiger partial charge in [-0.05, 0) is 64.0 Å². The maximum absolute atomic E-state index is 4.82. The summed E-state index contributed by atoms with van der Waals surface area (Å²) in [4.78, 5) is 9.93. The number of nitrogens with one attached hydrogen (secondary N) is 2. The highest BCUT2D eigenvalue weighted by atomic mass is 32.2. The molecule has 2 fully saturated rings. The molecule has 5 nitrogen and oxygen atoms in total. The van der Waals surface area contributed by atoms with Gasteiger partial charge in [0.2, 0.25) is 0 Å². The molecule has 2 unspecified atom stereocenters. The van der Waals surface area contributed by atoms with Crippen LogP contribution >= 0.6 is 11.8 Å². The molecular formula is C23H39N5S. The number of nitrogens with zero attached hydrogens (tertiary/aromatic N) is 3. The highest BCUT2D eigenvalue weighted by Gasteiger charge is 2.24. The van der Waals surface area contributed by atoms with E-state index in [0.29, 0.717) is 6.04 Å². The van der Waals surface area contributed by atoms with Crippen LogP contribution in [0.25, 0.3) is 0 Å². The van der Waals surface area contributed by atoms with Crippen molar-refractivity contribution in [2.24, 2.45) is 4.99 Å². The zero-order valence-corrected chi connectivity index (χ0v) is 19.1. The van der Waals surface area contributed by atoms with Crippen molar-refractivity contribution < 1.29 is 0 Å². The van der Waals surface area contributed by atoms with Crippen LogP contribution in [0.3, 0.4) is 0 Å². The summed E-state index contributed by atoms with van der Waals surface area (Å²) in [6.07, 6.45) is 8.48. The lowest BCUT2D eigenvalue weighted by Gasteiger charge is -2.36. The highest BCUT2D eigenvalue weighted by molar-refractivity contribution is 7.99. The zero-order chi connectivity index (χ0) is 20.3. The normalized spacial score (nSPS) is 23.4. The van der Waals surface area contributed by atoms with Crippen molar-refractivity contribution >= 4 is 23.4 Å². The second-order valence-corrected chi connectivity index (χ2v) is 9.28. The van der Waals surface area contributed by atoms with Gasteiger partial charge in [0.15, 0.2) is 5.96 Å².